The molecule has 0 heterocycles. The minimum absolute atomic E-state index is 0.243. The van der Waals surface area contributed by atoms with Crippen LogP contribution in [0.25, 0.3) is 0 Å². The van der Waals surface area contributed by atoms with Crippen LogP contribution in [0.3, 0.4) is 0 Å². The molecular formula is C12H12N2O3S. The highest BCUT2D eigenvalue weighted by atomic mass is 32.2. The van der Waals surface area contributed by atoms with Crippen LogP contribution in [0.2, 0.25) is 0 Å². The average molecular weight is 264 g/mol. The molecule has 5 nitrogen and oxygen atoms in total. The predicted octanol–water partition coefficient (Wildman–Crippen LogP) is 1.46. The summed E-state index contributed by atoms with van der Waals surface area (Å²) in [4.78, 5) is 24.4. The molecule has 0 aliphatic rings. The monoisotopic (exact) mass is 264 g/mol. The van der Waals surface area contributed by atoms with Crippen molar-refractivity contribution >= 4 is 23.6 Å². The number of aliphatic carboxylic acids is 1. The number of nitriles is 1. The van der Waals surface area contributed by atoms with Crippen molar-refractivity contribution in [2.75, 3.05) is 19.3 Å². The maximum atomic E-state index is 12.0. The molecule has 1 amide bonds. The molecule has 0 aliphatic carbocycles. The molecule has 0 aliphatic heterocycles. The SMILES string of the molecule is CN(CC(=O)O)C(=O)c1ccccc1SCC#N. The minimum Gasteiger partial charge on any atom is -0.480 e. The quantitative estimate of drug-likeness (QED) is 0.814. The molecule has 0 atom stereocenters. The van der Waals surface area contributed by atoms with E-state index >= 15 is 0 Å². The van der Waals surface area contributed by atoms with E-state index in [1.165, 1.54) is 18.8 Å². The van der Waals surface area contributed by atoms with E-state index in [0.717, 1.165) is 4.90 Å². The molecule has 0 aromatic heterocycles. The molecule has 0 spiro atoms. The molecular weight excluding hydrogens is 252 g/mol. The lowest BCUT2D eigenvalue weighted by atomic mass is 10.2. The van der Waals surface area contributed by atoms with Crippen LogP contribution in [-0.4, -0.2) is 41.2 Å². The summed E-state index contributed by atoms with van der Waals surface area (Å²) in [6.45, 7) is -0.351. The molecule has 6 heteroatoms. The van der Waals surface area contributed by atoms with E-state index in [1.807, 2.05) is 6.07 Å². The fraction of sp³-hybridized carbons (Fsp3) is 0.250. The maximum Gasteiger partial charge on any atom is 0.323 e. The fourth-order valence-electron chi connectivity index (χ4n) is 1.36. The molecule has 94 valence electrons. The summed E-state index contributed by atoms with van der Waals surface area (Å²) in [5.74, 6) is -1.18. The van der Waals surface area contributed by atoms with Crippen molar-refractivity contribution in [3.63, 3.8) is 0 Å². The highest BCUT2D eigenvalue weighted by Gasteiger charge is 2.17. The Balaban J connectivity index is 2.91. The van der Waals surface area contributed by atoms with Gasteiger partial charge in [0.1, 0.15) is 6.54 Å². The topological polar surface area (TPSA) is 81.4 Å². The Morgan fingerprint density at radius 2 is 2.11 bits per heavy atom. The first-order valence-corrected chi connectivity index (χ1v) is 6.11. The smallest absolute Gasteiger partial charge is 0.323 e. The highest BCUT2D eigenvalue weighted by molar-refractivity contribution is 7.99. The van der Waals surface area contributed by atoms with Gasteiger partial charge in [-0.1, -0.05) is 12.1 Å². The van der Waals surface area contributed by atoms with Gasteiger partial charge in [-0.2, -0.15) is 5.26 Å². The summed E-state index contributed by atoms with van der Waals surface area (Å²) in [6.07, 6.45) is 0. The summed E-state index contributed by atoms with van der Waals surface area (Å²) in [6, 6.07) is 8.83. The highest BCUT2D eigenvalue weighted by Crippen LogP contribution is 2.23. The summed E-state index contributed by atoms with van der Waals surface area (Å²) < 4.78 is 0. The first-order valence-electron chi connectivity index (χ1n) is 5.12. The number of thioether (sulfide) groups is 1. The van der Waals surface area contributed by atoms with Crippen molar-refractivity contribution in [1.82, 2.24) is 4.90 Å². The van der Waals surface area contributed by atoms with Crippen molar-refractivity contribution < 1.29 is 14.7 Å². The summed E-state index contributed by atoms with van der Waals surface area (Å²) >= 11 is 1.26. The van der Waals surface area contributed by atoms with E-state index in [-0.39, 0.29) is 18.2 Å². The zero-order valence-corrected chi connectivity index (χ0v) is 10.6. The van der Waals surface area contributed by atoms with E-state index in [2.05, 4.69) is 0 Å². The van der Waals surface area contributed by atoms with E-state index < -0.39 is 5.97 Å². The lowest BCUT2D eigenvalue weighted by Crippen LogP contribution is -2.32. The molecule has 18 heavy (non-hydrogen) atoms. The van der Waals surface area contributed by atoms with Crippen LogP contribution < -0.4 is 0 Å². The molecule has 1 aromatic rings. The molecule has 1 N–H and O–H groups in total. The zero-order chi connectivity index (χ0) is 13.5. The molecule has 0 fully saturated rings. The minimum atomic E-state index is -1.06. The number of carbonyl (C=O) groups excluding carboxylic acids is 1. The molecule has 0 bridgehead atoms. The predicted molar refractivity (Wildman–Crippen MR) is 67.4 cm³/mol. The van der Waals surface area contributed by atoms with Gasteiger partial charge in [-0.05, 0) is 12.1 Å². The zero-order valence-electron chi connectivity index (χ0n) is 9.79. The molecule has 0 saturated carbocycles. The van der Waals surface area contributed by atoms with Gasteiger partial charge in [0, 0.05) is 11.9 Å². The summed E-state index contributed by atoms with van der Waals surface area (Å²) in [5.41, 5.74) is 0.418. The third-order valence-corrected chi connectivity index (χ3v) is 3.07. The van der Waals surface area contributed by atoms with Crippen LogP contribution in [0.15, 0.2) is 29.2 Å². The van der Waals surface area contributed by atoms with Gasteiger partial charge < -0.3 is 10.0 Å². The third kappa shape index (κ3) is 3.79. The van der Waals surface area contributed by atoms with Crippen molar-refractivity contribution in [2.24, 2.45) is 0 Å². The van der Waals surface area contributed by atoms with Crippen molar-refractivity contribution in [3.05, 3.63) is 29.8 Å². The number of likely N-dealkylation sites (N-methyl/N-ethyl adjacent to an activating group) is 1. The van der Waals surface area contributed by atoms with Gasteiger partial charge in [-0.15, -0.1) is 11.8 Å². The molecule has 1 rings (SSSR count). The number of carboxylic acids is 1. The van der Waals surface area contributed by atoms with E-state index in [9.17, 15) is 9.59 Å². The van der Waals surface area contributed by atoms with E-state index in [1.54, 1.807) is 24.3 Å². The van der Waals surface area contributed by atoms with E-state index in [0.29, 0.717) is 10.5 Å². The Hall–Kier alpha value is -2.00. The van der Waals surface area contributed by atoms with Gasteiger partial charge >= 0.3 is 5.97 Å². The Morgan fingerprint density at radius 1 is 1.44 bits per heavy atom. The second kappa shape index (κ2) is 6.67. The largest absolute Gasteiger partial charge is 0.480 e. The summed E-state index contributed by atoms with van der Waals surface area (Å²) in [7, 11) is 1.43. The van der Waals surface area contributed by atoms with Gasteiger partial charge in [-0.3, -0.25) is 9.59 Å². The second-order valence-corrected chi connectivity index (χ2v) is 4.52. The Bertz CT molecular complexity index is 496. The van der Waals surface area contributed by atoms with Gasteiger partial charge in [0.2, 0.25) is 0 Å². The first kappa shape index (κ1) is 14.1. The van der Waals surface area contributed by atoms with Crippen LogP contribution in [0.4, 0.5) is 0 Å². The van der Waals surface area contributed by atoms with Gasteiger partial charge in [0.15, 0.2) is 0 Å². The van der Waals surface area contributed by atoms with Crippen LogP contribution in [-0.2, 0) is 4.79 Å². The normalized spacial score (nSPS) is 9.56. The molecule has 1 aromatic carbocycles. The average Bonchev–Trinajstić information content (AvgIpc) is 2.35. The molecule has 0 radical (unpaired) electrons. The lowest BCUT2D eigenvalue weighted by Gasteiger charge is -2.16. The van der Waals surface area contributed by atoms with Crippen molar-refractivity contribution in [2.45, 2.75) is 4.90 Å². The Kier molecular flexibility index (Phi) is 5.21. The number of hydrogen-bond acceptors (Lipinski definition) is 4. The Labute approximate surface area is 109 Å². The number of amides is 1. The second-order valence-electron chi connectivity index (χ2n) is 3.50. The van der Waals surface area contributed by atoms with Crippen molar-refractivity contribution in [1.29, 1.82) is 5.26 Å². The van der Waals surface area contributed by atoms with Crippen molar-refractivity contribution in [3.8, 4) is 6.07 Å². The Morgan fingerprint density at radius 3 is 2.72 bits per heavy atom. The van der Waals surface area contributed by atoms with Crippen LogP contribution in [0.1, 0.15) is 10.4 Å². The molecule has 0 saturated heterocycles. The number of rotatable bonds is 5. The number of nitrogens with zero attached hydrogens (tertiary/aromatic N) is 2. The van der Waals surface area contributed by atoms with Crippen LogP contribution in [0.5, 0.6) is 0 Å². The van der Waals surface area contributed by atoms with E-state index in [4.69, 9.17) is 10.4 Å². The lowest BCUT2D eigenvalue weighted by molar-refractivity contribution is -0.137. The fourth-order valence-corrected chi connectivity index (χ4v) is 2.07. The standard InChI is InChI=1S/C12H12N2O3S/c1-14(8-11(15)16)12(17)9-4-2-3-5-10(9)18-7-6-13/h2-5H,7-8H2,1H3,(H,15,16). The van der Waals surface area contributed by atoms with Crippen LogP contribution >= 0.6 is 11.8 Å². The van der Waals surface area contributed by atoms with Gasteiger partial charge in [0.05, 0.1) is 17.4 Å². The number of carbonyl (C=O) groups is 2. The first-order chi connectivity index (χ1) is 8.56. The third-order valence-electron chi connectivity index (χ3n) is 2.13. The number of benzene rings is 1. The number of carboxylic acid groups (broad SMARTS) is 1. The number of hydrogen-bond donors (Lipinski definition) is 1. The van der Waals surface area contributed by atoms with Gasteiger partial charge in [-0.25, -0.2) is 0 Å². The maximum absolute atomic E-state index is 12.0. The van der Waals surface area contributed by atoms with Crippen LogP contribution in [0, 0.1) is 11.3 Å². The molecule has 0 unspecified atom stereocenters. The van der Waals surface area contributed by atoms with Gasteiger partial charge in [0.25, 0.3) is 5.91 Å². The summed E-state index contributed by atoms with van der Waals surface area (Å²) in [5, 5.41) is 17.2.